The molecule has 5 rings (SSSR count). The summed E-state index contributed by atoms with van der Waals surface area (Å²) in [6.07, 6.45) is 3.01. The second-order valence-electron chi connectivity index (χ2n) is 8.76. The molecule has 0 N–H and O–H groups in total. The standard InChI is InChI=1S/C26H23NO6/c1-14-10-17-12-20(14)23-22(17)24(29)27(25(23)30)18-8-6-15(7-9-18)26(31)33-13-21(28)16-4-3-5-19(11-16)32-2/h3-11,17,20,22-23H,12-13H2,1-2H3/t17-,20+,22+,23+/m0/s1. The molecule has 7 heteroatoms. The van der Waals surface area contributed by atoms with E-state index in [1.54, 1.807) is 36.4 Å². The Morgan fingerprint density at radius 1 is 1.00 bits per heavy atom. The lowest BCUT2D eigenvalue weighted by molar-refractivity contribution is -0.123. The molecule has 1 heterocycles. The maximum atomic E-state index is 13.0. The van der Waals surface area contributed by atoms with E-state index in [-0.39, 0.29) is 46.8 Å². The number of allylic oxidation sites excluding steroid dienone is 2. The number of hydrogen-bond donors (Lipinski definition) is 0. The molecule has 2 amide bonds. The average Bonchev–Trinajstić information content (AvgIpc) is 3.47. The molecule has 7 nitrogen and oxygen atoms in total. The van der Waals surface area contributed by atoms with E-state index in [1.165, 1.54) is 29.7 Å². The van der Waals surface area contributed by atoms with Gasteiger partial charge in [-0.25, -0.2) is 4.79 Å². The lowest BCUT2D eigenvalue weighted by Crippen LogP contribution is -2.32. The summed E-state index contributed by atoms with van der Waals surface area (Å²) in [5.74, 6) is -1.07. The first-order valence-corrected chi connectivity index (χ1v) is 10.9. The summed E-state index contributed by atoms with van der Waals surface area (Å²) in [6, 6.07) is 12.7. The highest BCUT2D eigenvalue weighted by atomic mass is 16.5. The van der Waals surface area contributed by atoms with Crippen molar-refractivity contribution >= 4 is 29.3 Å². The van der Waals surface area contributed by atoms with E-state index in [0.717, 1.165) is 6.42 Å². The van der Waals surface area contributed by atoms with Gasteiger partial charge in [0.1, 0.15) is 5.75 Å². The number of nitrogens with zero attached hydrogens (tertiary/aromatic N) is 1. The van der Waals surface area contributed by atoms with Crippen molar-refractivity contribution in [1.29, 1.82) is 0 Å². The van der Waals surface area contributed by atoms with Gasteiger partial charge in [0.15, 0.2) is 12.4 Å². The van der Waals surface area contributed by atoms with Crippen LogP contribution in [0.25, 0.3) is 0 Å². The van der Waals surface area contributed by atoms with Crippen molar-refractivity contribution in [3.05, 3.63) is 71.3 Å². The Hall–Kier alpha value is -3.74. The number of imide groups is 1. The number of rotatable bonds is 6. The fraction of sp³-hybridized carbons (Fsp3) is 0.308. The zero-order valence-electron chi connectivity index (χ0n) is 18.3. The van der Waals surface area contributed by atoms with E-state index in [2.05, 4.69) is 6.08 Å². The normalized spacial score (nSPS) is 25.2. The number of anilines is 1. The fourth-order valence-electron chi connectivity index (χ4n) is 5.37. The van der Waals surface area contributed by atoms with Gasteiger partial charge in [0.2, 0.25) is 11.8 Å². The van der Waals surface area contributed by atoms with Crippen LogP contribution in [0.5, 0.6) is 5.75 Å². The van der Waals surface area contributed by atoms with Crippen LogP contribution in [0.3, 0.4) is 0 Å². The van der Waals surface area contributed by atoms with Crippen molar-refractivity contribution in [2.45, 2.75) is 13.3 Å². The van der Waals surface area contributed by atoms with E-state index in [9.17, 15) is 19.2 Å². The molecule has 33 heavy (non-hydrogen) atoms. The van der Waals surface area contributed by atoms with E-state index >= 15 is 0 Å². The van der Waals surface area contributed by atoms with Crippen molar-refractivity contribution in [1.82, 2.24) is 0 Å². The average molecular weight is 445 g/mol. The summed E-state index contributed by atoms with van der Waals surface area (Å²) in [6.45, 7) is 1.62. The highest BCUT2D eigenvalue weighted by molar-refractivity contribution is 6.23. The molecule has 2 aromatic carbocycles. The van der Waals surface area contributed by atoms with Gasteiger partial charge >= 0.3 is 5.97 Å². The molecule has 0 aromatic heterocycles. The van der Waals surface area contributed by atoms with Crippen molar-refractivity contribution in [2.75, 3.05) is 18.6 Å². The molecule has 1 saturated carbocycles. The second-order valence-corrected chi connectivity index (χ2v) is 8.76. The first-order valence-electron chi connectivity index (χ1n) is 10.9. The highest BCUT2D eigenvalue weighted by Gasteiger charge is 2.60. The van der Waals surface area contributed by atoms with Crippen LogP contribution in [-0.4, -0.2) is 37.3 Å². The number of benzene rings is 2. The first-order chi connectivity index (χ1) is 15.9. The number of amides is 2. The molecule has 0 unspecified atom stereocenters. The largest absolute Gasteiger partial charge is 0.497 e. The van der Waals surface area contributed by atoms with Gasteiger partial charge in [-0.3, -0.25) is 19.3 Å². The molecule has 1 saturated heterocycles. The van der Waals surface area contributed by atoms with Crippen molar-refractivity contribution in [2.24, 2.45) is 23.7 Å². The number of ketones is 1. The topological polar surface area (TPSA) is 90.0 Å². The number of Topliss-reactive ketones (excluding diaryl/α,β-unsaturated/α-hetero) is 1. The molecule has 1 aliphatic heterocycles. The van der Waals surface area contributed by atoms with Gasteiger partial charge in [-0.1, -0.05) is 23.8 Å². The van der Waals surface area contributed by atoms with Crippen LogP contribution in [0.4, 0.5) is 5.69 Å². The Kier molecular flexibility index (Phi) is 5.12. The second kappa shape index (κ2) is 7.99. The Morgan fingerprint density at radius 2 is 1.73 bits per heavy atom. The molecule has 0 radical (unpaired) electrons. The van der Waals surface area contributed by atoms with E-state index < -0.39 is 12.6 Å². The molecule has 168 valence electrons. The predicted octanol–water partition coefficient (Wildman–Crippen LogP) is 3.44. The third-order valence-electron chi connectivity index (χ3n) is 6.97. The number of fused-ring (bicyclic) bond motifs is 5. The van der Waals surface area contributed by atoms with Crippen LogP contribution in [-0.2, 0) is 14.3 Å². The van der Waals surface area contributed by atoms with E-state index in [1.807, 2.05) is 6.92 Å². The number of carbonyl (C=O) groups excluding carboxylic acids is 4. The minimum absolute atomic E-state index is 0.137. The van der Waals surface area contributed by atoms with Crippen LogP contribution < -0.4 is 9.64 Å². The Morgan fingerprint density at radius 3 is 2.45 bits per heavy atom. The van der Waals surface area contributed by atoms with Gasteiger partial charge in [-0.15, -0.1) is 0 Å². The van der Waals surface area contributed by atoms with Crippen LogP contribution in [0.1, 0.15) is 34.1 Å². The molecular weight excluding hydrogens is 422 g/mol. The van der Waals surface area contributed by atoms with Gasteiger partial charge in [-0.05, 0) is 61.6 Å². The third-order valence-corrected chi connectivity index (χ3v) is 6.97. The molecule has 0 spiro atoms. The molecule has 2 aliphatic carbocycles. The minimum atomic E-state index is -0.661. The first kappa shape index (κ1) is 21.1. The van der Waals surface area contributed by atoms with Crippen LogP contribution in [0.15, 0.2) is 60.2 Å². The lowest BCUT2D eigenvalue weighted by atomic mass is 9.82. The summed E-state index contributed by atoms with van der Waals surface area (Å²) in [4.78, 5) is 52.0. The number of hydrogen-bond acceptors (Lipinski definition) is 6. The summed E-state index contributed by atoms with van der Waals surface area (Å²) in [5, 5.41) is 0. The summed E-state index contributed by atoms with van der Waals surface area (Å²) < 4.78 is 10.2. The zero-order valence-corrected chi connectivity index (χ0v) is 18.3. The fourth-order valence-corrected chi connectivity index (χ4v) is 5.37. The zero-order chi connectivity index (χ0) is 23.3. The van der Waals surface area contributed by atoms with Gasteiger partial charge in [0, 0.05) is 5.56 Å². The highest BCUT2D eigenvalue weighted by Crippen LogP contribution is 2.55. The van der Waals surface area contributed by atoms with Gasteiger partial charge in [0.25, 0.3) is 0 Å². The lowest BCUT2D eigenvalue weighted by Gasteiger charge is -2.19. The molecule has 2 fully saturated rings. The predicted molar refractivity (Wildman–Crippen MR) is 119 cm³/mol. The maximum absolute atomic E-state index is 13.0. The van der Waals surface area contributed by atoms with Crippen molar-refractivity contribution < 1.29 is 28.7 Å². The molecule has 2 bridgehead atoms. The SMILES string of the molecule is COc1cccc(C(=O)COC(=O)c2ccc(N3C(=O)[C@H]4[C@H](C3=O)[C@H]3C=C(C)[C@H]4C3)cc2)c1. The Labute approximate surface area is 191 Å². The number of ether oxygens (including phenoxy) is 2. The summed E-state index contributed by atoms with van der Waals surface area (Å²) in [7, 11) is 1.51. The van der Waals surface area contributed by atoms with Crippen LogP contribution >= 0.6 is 0 Å². The molecule has 3 aliphatic rings. The Bertz CT molecular complexity index is 1200. The van der Waals surface area contributed by atoms with Crippen molar-refractivity contribution in [3.8, 4) is 5.75 Å². The van der Waals surface area contributed by atoms with Gasteiger partial charge < -0.3 is 9.47 Å². The van der Waals surface area contributed by atoms with E-state index in [4.69, 9.17) is 9.47 Å². The third kappa shape index (κ3) is 3.44. The number of esters is 1. The smallest absolute Gasteiger partial charge is 0.338 e. The number of carbonyl (C=O) groups is 4. The maximum Gasteiger partial charge on any atom is 0.338 e. The van der Waals surface area contributed by atoms with Crippen LogP contribution in [0.2, 0.25) is 0 Å². The van der Waals surface area contributed by atoms with Crippen molar-refractivity contribution in [3.63, 3.8) is 0 Å². The van der Waals surface area contributed by atoms with Gasteiger partial charge in [-0.2, -0.15) is 0 Å². The molecular formula is C26H23NO6. The monoisotopic (exact) mass is 445 g/mol. The van der Waals surface area contributed by atoms with Gasteiger partial charge in [0.05, 0.1) is 30.2 Å². The summed E-state index contributed by atoms with van der Waals surface area (Å²) >= 11 is 0. The Balaban J connectivity index is 1.24. The van der Waals surface area contributed by atoms with Crippen LogP contribution in [0, 0.1) is 23.7 Å². The summed E-state index contributed by atoms with van der Waals surface area (Å²) in [5.41, 5.74) is 2.26. The minimum Gasteiger partial charge on any atom is -0.497 e. The number of methoxy groups -OCH3 is 1. The quantitative estimate of drug-likeness (QED) is 0.293. The molecule has 4 atom stereocenters. The van der Waals surface area contributed by atoms with E-state index in [0.29, 0.717) is 17.0 Å². The molecule has 2 aromatic rings.